The molecule has 0 atom stereocenters. The largest absolute Gasteiger partial charge is 0.461 e. The molecule has 0 aliphatic heterocycles. The Kier molecular flexibility index (Phi) is 5.58. The van der Waals surface area contributed by atoms with Crippen molar-refractivity contribution in [3.63, 3.8) is 0 Å². The maximum atomic E-state index is 12.4. The molecule has 0 aliphatic carbocycles. The number of nitrogens with zero attached hydrogens (tertiary/aromatic N) is 2. The minimum absolute atomic E-state index is 0.00652. The van der Waals surface area contributed by atoms with Gasteiger partial charge < -0.3 is 9.72 Å². The maximum Gasteiger partial charge on any atom is 0.306 e. The van der Waals surface area contributed by atoms with E-state index in [0.717, 1.165) is 16.6 Å². The molecular weight excluding hydrogens is 389 g/mol. The summed E-state index contributed by atoms with van der Waals surface area (Å²) in [5, 5.41) is 6.13. The van der Waals surface area contributed by atoms with Gasteiger partial charge in [-0.2, -0.15) is 5.10 Å². The van der Waals surface area contributed by atoms with Crippen molar-refractivity contribution in [3.8, 4) is 0 Å². The van der Waals surface area contributed by atoms with E-state index >= 15 is 0 Å². The zero-order valence-electron chi connectivity index (χ0n) is 15.2. The van der Waals surface area contributed by atoms with Crippen molar-refractivity contribution >= 4 is 40.2 Å². The normalized spacial score (nSPS) is 11.1. The predicted octanol–water partition coefficient (Wildman–Crippen LogP) is 3.86. The molecular formula is C19H19Cl2N3O3. The number of fused-ring (bicyclic) bond motifs is 1. The van der Waals surface area contributed by atoms with Gasteiger partial charge in [0.1, 0.15) is 12.3 Å². The molecule has 3 rings (SSSR count). The lowest BCUT2D eigenvalue weighted by Crippen LogP contribution is -2.17. The Labute approximate surface area is 166 Å². The summed E-state index contributed by atoms with van der Waals surface area (Å²) in [5.74, 6) is -0.423. The Hall–Kier alpha value is -2.31. The van der Waals surface area contributed by atoms with Gasteiger partial charge in [0.05, 0.1) is 5.69 Å². The molecule has 27 heavy (non-hydrogen) atoms. The van der Waals surface area contributed by atoms with Gasteiger partial charge in [0.2, 0.25) is 0 Å². The van der Waals surface area contributed by atoms with Crippen molar-refractivity contribution in [2.45, 2.75) is 33.3 Å². The number of hydrogen-bond acceptors (Lipinski definition) is 4. The number of aromatic amines is 1. The van der Waals surface area contributed by atoms with E-state index in [1.165, 1.54) is 0 Å². The molecule has 0 amide bonds. The number of aryl methyl sites for hydroxylation is 3. The Morgan fingerprint density at radius 3 is 2.56 bits per heavy atom. The van der Waals surface area contributed by atoms with E-state index in [1.807, 2.05) is 13.8 Å². The number of ether oxygens (including phenoxy) is 1. The quantitative estimate of drug-likeness (QED) is 0.651. The summed E-state index contributed by atoms with van der Waals surface area (Å²) in [4.78, 5) is 27.4. The molecule has 2 heterocycles. The highest BCUT2D eigenvalue weighted by atomic mass is 35.5. The molecule has 0 saturated heterocycles. The number of pyridine rings is 1. The molecule has 0 saturated carbocycles. The maximum absolute atomic E-state index is 12.4. The fraction of sp³-hybridized carbons (Fsp3) is 0.316. The van der Waals surface area contributed by atoms with Crippen molar-refractivity contribution in [1.82, 2.24) is 14.8 Å². The molecule has 0 bridgehead atoms. The summed E-state index contributed by atoms with van der Waals surface area (Å²) in [7, 11) is 1.78. The first kappa shape index (κ1) is 19.5. The summed E-state index contributed by atoms with van der Waals surface area (Å²) in [6, 6.07) is 5.09. The van der Waals surface area contributed by atoms with Gasteiger partial charge in [0, 0.05) is 40.0 Å². The van der Waals surface area contributed by atoms with Crippen molar-refractivity contribution in [2.75, 3.05) is 0 Å². The van der Waals surface area contributed by atoms with Crippen molar-refractivity contribution in [2.24, 2.45) is 7.05 Å². The summed E-state index contributed by atoms with van der Waals surface area (Å²) in [6.07, 6.45) is 0.358. The molecule has 0 unspecified atom stereocenters. The SMILES string of the molecule is Cc1nn(C)c2[nH]c(=O)c(CCC(=O)OCc3c(Cl)cccc3Cl)c(C)c12. The minimum atomic E-state index is -0.423. The monoisotopic (exact) mass is 407 g/mol. The van der Waals surface area contributed by atoms with Gasteiger partial charge in [0.25, 0.3) is 5.56 Å². The molecule has 0 fully saturated rings. The van der Waals surface area contributed by atoms with Crippen LogP contribution in [0, 0.1) is 13.8 Å². The number of H-pyrrole nitrogens is 1. The van der Waals surface area contributed by atoms with Crippen molar-refractivity contribution in [1.29, 1.82) is 0 Å². The van der Waals surface area contributed by atoms with E-state index in [-0.39, 0.29) is 25.0 Å². The van der Waals surface area contributed by atoms with Crippen LogP contribution in [0.25, 0.3) is 11.0 Å². The van der Waals surface area contributed by atoms with Crippen LogP contribution in [0.15, 0.2) is 23.0 Å². The average Bonchev–Trinajstić information content (AvgIpc) is 2.88. The van der Waals surface area contributed by atoms with Crippen molar-refractivity contribution in [3.05, 3.63) is 61.0 Å². The summed E-state index contributed by atoms with van der Waals surface area (Å²) in [6.45, 7) is 3.75. The fourth-order valence-electron chi connectivity index (χ4n) is 3.18. The lowest BCUT2D eigenvalue weighted by atomic mass is 10.0. The number of carbonyl (C=O) groups is 1. The lowest BCUT2D eigenvalue weighted by Gasteiger charge is -2.09. The average molecular weight is 408 g/mol. The van der Waals surface area contributed by atoms with Crippen LogP contribution in [0.5, 0.6) is 0 Å². The highest BCUT2D eigenvalue weighted by molar-refractivity contribution is 6.35. The van der Waals surface area contributed by atoms with E-state index in [2.05, 4.69) is 10.1 Å². The topological polar surface area (TPSA) is 77.0 Å². The van der Waals surface area contributed by atoms with Gasteiger partial charge in [-0.25, -0.2) is 0 Å². The minimum Gasteiger partial charge on any atom is -0.461 e. The molecule has 2 aromatic heterocycles. The number of rotatable bonds is 5. The van der Waals surface area contributed by atoms with Gasteiger partial charge in [-0.15, -0.1) is 0 Å². The highest BCUT2D eigenvalue weighted by Gasteiger charge is 2.16. The molecule has 0 aliphatic rings. The number of aromatic nitrogens is 3. The molecule has 0 spiro atoms. The molecule has 1 aromatic carbocycles. The zero-order chi connectivity index (χ0) is 19.7. The van der Waals surface area contributed by atoms with Crippen molar-refractivity contribution < 1.29 is 9.53 Å². The third kappa shape index (κ3) is 3.87. The van der Waals surface area contributed by atoms with E-state index < -0.39 is 5.97 Å². The number of carbonyl (C=O) groups excluding carboxylic acids is 1. The van der Waals surface area contributed by atoms with E-state index in [9.17, 15) is 9.59 Å². The summed E-state index contributed by atoms with van der Waals surface area (Å²) in [5.41, 5.74) is 3.25. The van der Waals surface area contributed by atoms with Crippen LogP contribution < -0.4 is 5.56 Å². The number of halogens is 2. The Morgan fingerprint density at radius 2 is 1.89 bits per heavy atom. The van der Waals surface area contributed by atoms with Crippen LogP contribution >= 0.6 is 23.2 Å². The van der Waals surface area contributed by atoms with Gasteiger partial charge in [-0.05, 0) is 38.0 Å². The van der Waals surface area contributed by atoms with E-state index in [4.69, 9.17) is 27.9 Å². The number of benzene rings is 1. The van der Waals surface area contributed by atoms with E-state index in [1.54, 1.807) is 29.9 Å². The first-order chi connectivity index (χ1) is 12.8. The van der Waals surface area contributed by atoms with E-state index in [0.29, 0.717) is 26.8 Å². The fourth-order valence-corrected chi connectivity index (χ4v) is 3.68. The molecule has 8 heteroatoms. The first-order valence-corrected chi connectivity index (χ1v) is 9.18. The second kappa shape index (κ2) is 7.74. The van der Waals surface area contributed by atoms with Crippen LogP contribution in [-0.2, 0) is 29.6 Å². The Morgan fingerprint density at radius 1 is 1.22 bits per heavy atom. The molecule has 1 N–H and O–H groups in total. The standard InChI is InChI=1S/C19H19Cl2N3O3/c1-10-12(19(26)22-18-17(10)11(2)23-24(18)3)7-8-16(25)27-9-13-14(20)5-4-6-15(13)21/h4-6H,7-9H2,1-3H3,(H,22,26). The van der Waals surface area contributed by atoms with Crippen LogP contribution in [-0.4, -0.2) is 20.7 Å². The van der Waals surface area contributed by atoms with Crippen LogP contribution in [0.3, 0.4) is 0 Å². The second-order valence-electron chi connectivity index (χ2n) is 6.35. The summed E-state index contributed by atoms with van der Waals surface area (Å²) < 4.78 is 6.91. The van der Waals surface area contributed by atoms with Gasteiger partial charge in [-0.1, -0.05) is 29.3 Å². The predicted molar refractivity (Wildman–Crippen MR) is 105 cm³/mol. The van der Waals surface area contributed by atoms with Crippen LogP contribution in [0.1, 0.15) is 28.8 Å². The Bertz CT molecular complexity index is 1070. The molecule has 6 nitrogen and oxygen atoms in total. The third-order valence-corrected chi connectivity index (χ3v) is 5.28. The van der Waals surface area contributed by atoms with Crippen LogP contribution in [0.4, 0.5) is 0 Å². The smallest absolute Gasteiger partial charge is 0.306 e. The first-order valence-electron chi connectivity index (χ1n) is 8.43. The van der Waals surface area contributed by atoms with Crippen LogP contribution in [0.2, 0.25) is 10.0 Å². The molecule has 3 aromatic rings. The number of hydrogen-bond donors (Lipinski definition) is 1. The lowest BCUT2D eigenvalue weighted by molar-refractivity contribution is -0.144. The number of esters is 1. The third-order valence-electron chi connectivity index (χ3n) is 4.57. The number of nitrogens with one attached hydrogen (secondary N) is 1. The second-order valence-corrected chi connectivity index (χ2v) is 7.17. The zero-order valence-corrected chi connectivity index (χ0v) is 16.7. The molecule has 142 valence electrons. The highest BCUT2D eigenvalue weighted by Crippen LogP contribution is 2.25. The Balaban J connectivity index is 1.72. The van der Waals surface area contributed by atoms with Gasteiger partial charge >= 0.3 is 5.97 Å². The van der Waals surface area contributed by atoms with Gasteiger partial charge in [0.15, 0.2) is 0 Å². The summed E-state index contributed by atoms with van der Waals surface area (Å²) >= 11 is 12.1. The molecule has 0 radical (unpaired) electrons. The van der Waals surface area contributed by atoms with Gasteiger partial charge in [-0.3, -0.25) is 14.3 Å².